The van der Waals surface area contributed by atoms with E-state index in [1.807, 2.05) is 0 Å². The van der Waals surface area contributed by atoms with Gasteiger partial charge in [-0.3, -0.25) is 0 Å². The first-order valence-corrected chi connectivity index (χ1v) is 5.58. The Morgan fingerprint density at radius 3 is 2.54 bits per heavy atom. The molecule has 0 amide bonds. The fraction of sp³-hybridized carbons (Fsp3) is 0.417. The lowest BCUT2D eigenvalue weighted by atomic mass is 9.99. The van der Waals surface area contributed by atoms with Gasteiger partial charge in [0, 0.05) is 4.47 Å². The van der Waals surface area contributed by atoms with Crippen LogP contribution in [0.1, 0.15) is 43.7 Å². The Balaban J connectivity index is 2.41. The van der Waals surface area contributed by atoms with E-state index in [0.29, 0.717) is 0 Å². The Bertz CT molecular complexity index is 291. The summed E-state index contributed by atoms with van der Waals surface area (Å²) in [5.74, 6) is 2.21. The number of hydrogen-bond donors (Lipinski definition) is 0. The maximum absolute atomic E-state index is 3.70. The SMILES string of the molecule is C[C](C)c1cccc(C2CC2)c1Br. The quantitative estimate of drug-likeness (QED) is 0.721. The van der Waals surface area contributed by atoms with E-state index in [1.165, 1.54) is 34.4 Å². The van der Waals surface area contributed by atoms with Gasteiger partial charge in [0.1, 0.15) is 0 Å². The molecule has 69 valence electrons. The van der Waals surface area contributed by atoms with Crippen LogP contribution in [0.25, 0.3) is 0 Å². The molecule has 0 nitrogen and oxygen atoms in total. The lowest BCUT2D eigenvalue weighted by Gasteiger charge is -2.11. The third kappa shape index (κ3) is 1.80. The Hall–Kier alpha value is -0.300. The van der Waals surface area contributed by atoms with Gasteiger partial charge in [-0.15, -0.1) is 0 Å². The summed E-state index contributed by atoms with van der Waals surface area (Å²) in [6, 6.07) is 6.60. The van der Waals surface area contributed by atoms with Crippen LogP contribution in [-0.4, -0.2) is 0 Å². The Labute approximate surface area is 88.5 Å². The summed E-state index contributed by atoms with van der Waals surface area (Å²) in [6.07, 6.45) is 2.73. The van der Waals surface area contributed by atoms with Crippen LogP contribution < -0.4 is 0 Å². The molecule has 1 aromatic rings. The third-order valence-corrected chi connectivity index (χ3v) is 3.47. The van der Waals surface area contributed by atoms with E-state index in [9.17, 15) is 0 Å². The molecule has 0 saturated heterocycles. The normalized spacial score (nSPS) is 16.6. The predicted molar refractivity (Wildman–Crippen MR) is 59.8 cm³/mol. The zero-order valence-electron chi connectivity index (χ0n) is 8.10. The van der Waals surface area contributed by atoms with Crippen LogP contribution in [0.5, 0.6) is 0 Å². The molecule has 1 saturated carbocycles. The van der Waals surface area contributed by atoms with Crippen molar-refractivity contribution >= 4 is 15.9 Å². The average Bonchev–Trinajstić information content (AvgIpc) is 2.87. The van der Waals surface area contributed by atoms with Gasteiger partial charge in [0.2, 0.25) is 0 Å². The van der Waals surface area contributed by atoms with E-state index in [1.54, 1.807) is 0 Å². The average molecular weight is 238 g/mol. The van der Waals surface area contributed by atoms with Crippen LogP contribution in [0.4, 0.5) is 0 Å². The molecule has 0 bridgehead atoms. The van der Waals surface area contributed by atoms with Gasteiger partial charge in [0.05, 0.1) is 0 Å². The molecule has 1 aromatic carbocycles. The first kappa shape index (κ1) is 9.26. The van der Waals surface area contributed by atoms with Crippen molar-refractivity contribution in [3.05, 3.63) is 39.7 Å². The summed E-state index contributed by atoms with van der Waals surface area (Å²) >= 11 is 3.70. The van der Waals surface area contributed by atoms with Gasteiger partial charge < -0.3 is 0 Å². The van der Waals surface area contributed by atoms with Crippen molar-refractivity contribution in [1.82, 2.24) is 0 Å². The van der Waals surface area contributed by atoms with Crippen molar-refractivity contribution in [3.63, 3.8) is 0 Å². The van der Waals surface area contributed by atoms with Gasteiger partial charge in [-0.2, -0.15) is 0 Å². The van der Waals surface area contributed by atoms with E-state index in [0.717, 1.165) is 5.92 Å². The molecular weight excluding hydrogens is 224 g/mol. The fourth-order valence-electron chi connectivity index (χ4n) is 1.65. The van der Waals surface area contributed by atoms with E-state index < -0.39 is 0 Å². The molecular formula is C12H14Br. The second-order valence-electron chi connectivity index (χ2n) is 3.98. The van der Waals surface area contributed by atoms with Gasteiger partial charge in [0.25, 0.3) is 0 Å². The monoisotopic (exact) mass is 237 g/mol. The van der Waals surface area contributed by atoms with Crippen LogP contribution in [0.3, 0.4) is 0 Å². The summed E-state index contributed by atoms with van der Waals surface area (Å²) in [7, 11) is 0. The van der Waals surface area contributed by atoms with Crippen LogP contribution >= 0.6 is 15.9 Å². The Kier molecular flexibility index (Phi) is 2.46. The second-order valence-corrected chi connectivity index (χ2v) is 4.78. The van der Waals surface area contributed by atoms with Crippen molar-refractivity contribution in [3.8, 4) is 0 Å². The lowest BCUT2D eigenvalue weighted by molar-refractivity contribution is 1.07. The molecule has 0 atom stereocenters. The molecule has 0 aromatic heterocycles. The maximum atomic E-state index is 3.70. The highest BCUT2D eigenvalue weighted by Gasteiger charge is 2.26. The van der Waals surface area contributed by atoms with Crippen molar-refractivity contribution in [2.45, 2.75) is 32.6 Å². The van der Waals surface area contributed by atoms with E-state index in [-0.39, 0.29) is 0 Å². The summed E-state index contributed by atoms with van der Waals surface area (Å²) in [6.45, 7) is 4.33. The van der Waals surface area contributed by atoms with Crippen LogP contribution in [0.15, 0.2) is 22.7 Å². The highest BCUT2D eigenvalue weighted by atomic mass is 79.9. The second kappa shape index (κ2) is 3.45. The molecule has 0 N–H and O–H groups in total. The highest BCUT2D eigenvalue weighted by Crippen LogP contribution is 2.44. The lowest BCUT2D eigenvalue weighted by Crippen LogP contribution is -1.93. The van der Waals surface area contributed by atoms with Crippen molar-refractivity contribution in [2.24, 2.45) is 0 Å². The van der Waals surface area contributed by atoms with Crippen molar-refractivity contribution < 1.29 is 0 Å². The van der Waals surface area contributed by atoms with Gasteiger partial charge in [0.15, 0.2) is 0 Å². The predicted octanol–water partition coefficient (Wildman–Crippen LogP) is 4.29. The van der Waals surface area contributed by atoms with Crippen LogP contribution in [0.2, 0.25) is 0 Å². The van der Waals surface area contributed by atoms with E-state index in [2.05, 4.69) is 48.0 Å². The molecule has 0 spiro atoms. The smallest absolute Gasteiger partial charge is 0.0247 e. The molecule has 1 aliphatic carbocycles. The van der Waals surface area contributed by atoms with Gasteiger partial charge in [-0.1, -0.05) is 48.0 Å². The zero-order valence-corrected chi connectivity index (χ0v) is 9.69. The van der Waals surface area contributed by atoms with E-state index in [4.69, 9.17) is 0 Å². The summed E-state index contributed by atoms with van der Waals surface area (Å²) in [5.41, 5.74) is 2.86. The largest absolute Gasteiger partial charge is 0.0616 e. The maximum Gasteiger partial charge on any atom is 0.0247 e. The third-order valence-electron chi connectivity index (χ3n) is 2.58. The molecule has 13 heavy (non-hydrogen) atoms. The molecule has 0 unspecified atom stereocenters. The molecule has 0 heterocycles. The first-order valence-electron chi connectivity index (χ1n) is 4.79. The summed E-state index contributed by atoms with van der Waals surface area (Å²) in [4.78, 5) is 0. The molecule has 1 heteroatoms. The highest BCUT2D eigenvalue weighted by molar-refractivity contribution is 9.10. The minimum atomic E-state index is 0.827. The molecule has 2 rings (SSSR count). The summed E-state index contributed by atoms with van der Waals surface area (Å²) in [5, 5.41) is 0. The molecule has 1 aliphatic rings. The first-order chi connectivity index (χ1) is 6.20. The van der Waals surface area contributed by atoms with Crippen molar-refractivity contribution in [1.29, 1.82) is 0 Å². The molecule has 1 radical (unpaired) electrons. The number of hydrogen-bond acceptors (Lipinski definition) is 0. The number of rotatable bonds is 2. The van der Waals surface area contributed by atoms with Crippen molar-refractivity contribution in [2.75, 3.05) is 0 Å². The van der Waals surface area contributed by atoms with Crippen LogP contribution in [0, 0.1) is 5.92 Å². The van der Waals surface area contributed by atoms with Gasteiger partial charge in [-0.05, 0) is 35.8 Å². The summed E-state index contributed by atoms with van der Waals surface area (Å²) < 4.78 is 1.32. The Morgan fingerprint density at radius 1 is 1.31 bits per heavy atom. The van der Waals surface area contributed by atoms with Crippen LogP contribution in [-0.2, 0) is 0 Å². The topological polar surface area (TPSA) is 0 Å². The standard InChI is InChI=1S/C12H14Br/c1-8(2)10-4-3-5-11(12(10)13)9-6-7-9/h3-5,9H,6-7H2,1-2H3. The number of halogens is 1. The minimum Gasteiger partial charge on any atom is -0.0616 e. The minimum absolute atomic E-state index is 0.827. The molecule has 1 fully saturated rings. The van der Waals surface area contributed by atoms with Gasteiger partial charge >= 0.3 is 0 Å². The van der Waals surface area contributed by atoms with E-state index >= 15 is 0 Å². The zero-order chi connectivity index (χ0) is 9.42. The number of benzene rings is 1. The van der Waals surface area contributed by atoms with Gasteiger partial charge in [-0.25, -0.2) is 0 Å². The molecule has 0 aliphatic heterocycles. The Morgan fingerprint density at radius 2 is 2.00 bits per heavy atom. The fourth-order valence-corrected chi connectivity index (χ4v) is 2.63.